The quantitative estimate of drug-likeness (QED) is 0.215. The first kappa shape index (κ1) is 26.4. The third-order valence-corrected chi connectivity index (χ3v) is 6.11. The minimum atomic E-state index is 0.160. The Hall–Kier alpha value is -0.880. The maximum Gasteiger partial charge on any atom is 0.0158 e. The summed E-state index contributed by atoms with van der Waals surface area (Å²) in [5.74, 6) is 0. The number of benzene rings is 3. The van der Waals surface area contributed by atoms with E-state index in [9.17, 15) is 0 Å². The molecular formula is C29H36I2. The number of halogens is 2. The average molecular weight is 638 g/mol. The lowest BCUT2D eigenvalue weighted by atomic mass is 9.82. The van der Waals surface area contributed by atoms with E-state index in [0.717, 1.165) is 0 Å². The molecule has 0 nitrogen and oxygen atoms in total. The summed E-state index contributed by atoms with van der Waals surface area (Å²) in [5.41, 5.74) is 9.20. The predicted octanol–water partition coefficient (Wildman–Crippen LogP) is 10.0. The zero-order valence-electron chi connectivity index (χ0n) is 20.2. The van der Waals surface area contributed by atoms with E-state index in [0.29, 0.717) is 0 Å². The van der Waals surface area contributed by atoms with Gasteiger partial charge in [0.1, 0.15) is 0 Å². The molecule has 2 heteroatoms. The minimum Gasteiger partial charge on any atom is -0.0619 e. The Balaban J connectivity index is 0.000000205. The van der Waals surface area contributed by atoms with Crippen molar-refractivity contribution < 1.29 is 0 Å². The van der Waals surface area contributed by atoms with Crippen LogP contribution in [0.4, 0.5) is 0 Å². The molecule has 0 N–H and O–H groups in total. The van der Waals surface area contributed by atoms with Gasteiger partial charge in [0, 0.05) is 42.6 Å². The van der Waals surface area contributed by atoms with Gasteiger partial charge in [-0.3, -0.25) is 0 Å². The molecule has 31 heavy (non-hydrogen) atoms. The normalized spacial score (nSPS) is 13.7. The lowest BCUT2D eigenvalue weighted by Crippen LogP contribution is -2.14. The van der Waals surface area contributed by atoms with Crippen molar-refractivity contribution in [1.29, 1.82) is 0 Å². The van der Waals surface area contributed by atoms with E-state index in [1.807, 2.05) is 0 Å². The highest BCUT2D eigenvalue weighted by Gasteiger charge is 2.34. The first-order valence-electron chi connectivity index (χ1n) is 10.9. The molecule has 0 saturated heterocycles. The first-order valence-corrected chi connectivity index (χ1v) is 17.2. The van der Waals surface area contributed by atoms with Crippen molar-refractivity contribution >= 4 is 37.2 Å². The maximum absolute atomic E-state index is 2.30. The molecule has 4 rings (SSSR count). The lowest BCUT2D eigenvalue weighted by Gasteiger charge is -2.23. The van der Waals surface area contributed by atoms with Gasteiger partial charge in [0.25, 0.3) is 0 Å². The summed E-state index contributed by atoms with van der Waals surface area (Å²) in [6, 6.07) is 26.5. The van der Waals surface area contributed by atoms with Crippen LogP contribution in [0, 0.1) is 0 Å². The van der Waals surface area contributed by atoms with Crippen LogP contribution in [-0.4, -0.2) is 0 Å². The van der Waals surface area contributed by atoms with Crippen LogP contribution in [0.3, 0.4) is 0 Å². The summed E-state index contributed by atoms with van der Waals surface area (Å²) in [7, 11) is 0. The average Bonchev–Trinajstić information content (AvgIpc) is 2.97. The number of hydrogen-bond acceptors (Lipinski definition) is 0. The van der Waals surface area contributed by atoms with Gasteiger partial charge >= 0.3 is 0 Å². The molecule has 3 aromatic carbocycles. The first-order chi connectivity index (χ1) is 14.4. The van der Waals surface area contributed by atoms with Crippen LogP contribution in [0.15, 0.2) is 72.8 Å². The zero-order chi connectivity index (χ0) is 23.4. The van der Waals surface area contributed by atoms with Gasteiger partial charge in [-0.15, -0.1) is 0 Å². The van der Waals surface area contributed by atoms with E-state index in [2.05, 4.69) is 165 Å². The van der Waals surface area contributed by atoms with Crippen LogP contribution in [0.5, 0.6) is 0 Å². The summed E-state index contributed by atoms with van der Waals surface area (Å²) in [5, 5.41) is 0. The minimum absolute atomic E-state index is 0.160. The molecule has 0 spiro atoms. The van der Waals surface area contributed by atoms with E-state index in [1.165, 1.54) is 33.4 Å². The molecule has 0 aromatic heterocycles. The monoisotopic (exact) mass is 638 g/mol. The lowest BCUT2D eigenvalue weighted by molar-refractivity contribution is 0.577. The Kier molecular flexibility index (Phi) is 8.82. The SMILES string of the molecule is CC(C)(C)c1ccc(C(C)(C)C)cc1.CC1(C)c2ccccc2-c2ccccc21.II. The van der Waals surface area contributed by atoms with Gasteiger partial charge in [0.2, 0.25) is 0 Å². The predicted molar refractivity (Wildman–Crippen MR) is 156 cm³/mol. The van der Waals surface area contributed by atoms with E-state index >= 15 is 0 Å². The van der Waals surface area contributed by atoms with E-state index in [1.54, 1.807) is 0 Å². The molecule has 1 aliphatic carbocycles. The Labute approximate surface area is 213 Å². The molecule has 0 heterocycles. The summed E-state index contributed by atoms with van der Waals surface area (Å²) in [6.07, 6.45) is 0. The number of fused-ring (bicyclic) bond motifs is 3. The van der Waals surface area contributed by atoms with Crippen LogP contribution >= 0.6 is 37.2 Å². The van der Waals surface area contributed by atoms with Gasteiger partial charge in [-0.05, 0) is 44.2 Å². The van der Waals surface area contributed by atoms with Gasteiger partial charge < -0.3 is 0 Å². The van der Waals surface area contributed by atoms with Crippen molar-refractivity contribution in [2.24, 2.45) is 0 Å². The van der Waals surface area contributed by atoms with Crippen molar-refractivity contribution in [2.45, 2.75) is 71.6 Å². The topological polar surface area (TPSA) is 0 Å². The Morgan fingerprint density at radius 1 is 0.516 bits per heavy atom. The molecule has 1 aliphatic rings. The molecule has 0 saturated carbocycles. The van der Waals surface area contributed by atoms with Crippen molar-refractivity contribution in [1.82, 2.24) is 0 Å². The van der Waals surface area contributed by atoms with Gasteiger partial charge in [-0.1, -0.05) is 128 Å². The molecule has 0 aliphatic heterocycles. The fourth-order valence-electron chi connectivity index (χ4n) is 4.14. The second-order valence-corrected chi connectivity index (χ2v) is 10.8. The maximum atomic E-state index is 2.30. The summed E-state index contributed by atoms with van der Waals surface area (Å²) in [4.78, 5) is 0. The largest absolute Gasteiger partial charge is 0.0619 e. The molecule has 0 bridgehead atoms. The van der Waals surface area contributed by atoms with Crippen molar-refractivity contribution in [2.75, 3.05) is 0 Å². The molecule has 0 unspecified atom stereocenters. The number of hydrogen-bond donors (Lipinski definition) is 0. The third-order valence-electron chi connectivity index (χ3n) is 6.11. The van der Waals surface area contributed by atoms with Crippen LogP contribution in [0.2, 0.25) is 0 Å². The van der Waals surface area contributed by atoms with Crippen LogP contribution in [-0.2, 0) is 16.2 Å². The van der Waals surface area contributed by atoms with E-state index < -0.39 is 0 Å². The molecule has 0 amide bonds. The van der Waals surface area contributed by atoms with Crippen LogP contribution < -0.4 is 0 Å². The summed E-state index contributed by atoms with van der Waals surface area (Å²) in [6.45, 7) is 18.1. The summed E-state index contributed by atoms with van der Waals surface area (Å²) >= 11 is 4.24. The fraction of sp³-hybridized carbons (Fsp3) is 0.379. The molecule has 0 atom stereocenters. The fourth-order valence-corrected chi connectivity index (χ4v) is 4.14. The molecule has 0 radical (unpaired) electrons. The Morgan fingerprint density at radius 3 is 1.10 bits per heavy atom. The molecule has 166 valence electrons. The molecule has 3 aromatic rings. The van der Waals surface area contributed by atoms with E-state index in [4.69, 9.17) is 0 Å². The third kappa shape index (κ3) is 6.13. The number of rotatable bonds is 0. The molecule has 0 fully saturated rings. The van der Waals surface area contributed by atoms with Crippen LogP contribution in [0.1, 0.15) is 77.6 Å². The Bertz CT molecular complexity index is 904. The highest BCUT2D eigenvalue weighted by atomic mass is 128. The van der Waals surface area contributed by atoms with Gasteiger partial charge in [-0.2, -0.15) is 0 Å². The standard InChI is InChI=1S/C15H14.C14H22.I2/c1-15(2)13-9-5-3-7-11(13)12-8-4-6-10-14(12)15;1-13(2,3)11-7-9-12(10-8-11)14(4,5)6;1-2/h3-10H,1-2H3;7-10H,1-6H3;. The van der Waals surface area contributed by atoms with Crippen molar-refractivity contribution in [3.8, 4) is 11.1 Å². The smallest absolute Gasteiger partial charge is 0.0158 e. The van der Waals surface area contributed by atoms with Crippen LogP contribution in [0.25, 0.3) is 11.1 Å². The highest BCUT2D eigenvalue weighted by Crippen LogP contribution is 2.47. The highest BCUT2D eigenvalue weighted by molar-refractivity contribution is 15.0. The van der Waals surface area contributed by atoms with Gasteiger partial charge in [0.15, 0.2) is 0 Å². The second-order valence-electron chi connectivity index (χ2n) is 10.8. The van der Waals surface area contributed by atoms with E-state index in [-0.39, 0.29) is 16.2 Å². The second kappa shape index (κ2) is 10.4. The van der Waals surface area contributed by atoms with Crippen molar-refractivity contribution in [3.63, 3.8) is 0 Å². The summed E-state index contributed by atoms with van der Waals surface area (Å²) < 4.78 is 0. The van der Waals surface area contributed by atoms with Gasteiger partial charge in [-0.25, -0.2) is 0 Å². The van der Waals surface area contributed by atoms with Gasteiger partial charge in [0.05, 0.1) is 0 Å². The molecular weight excluding hydrogens is 602 g/mol. The van der Waals surface area contributed by atoms with Crippen molar-refractivity contribution in [3.05, 3.63) is 95.1 Å². The Morgan fingerprint density at radius 2 is 0.806 bits per heavy atom. The zero-order valence-corrected chi connectivity index (χ0v) is 24.5.